The van der Waals surface area contributed by atoms with Crippen molar-refractivity contribution in [2.75, 3.05) is 13.1 Å². The van der Waals surface area contributed by atoms with Gasteiger partial charge in [-0.3, -0.25) is 14.7 Å². The van der Waals surface area contributed by atoms with Gasteiger partial charge in [-0.1, -0.05) is 11.2 Å². The SMILES string of the molecule is O=C(NCc1cscn1)C1=NOC2(CCCN(Cc3ccccn3)C2)C1. The molecule has 0 aromatic carbocycles. The number of nitrogens with zero attached hydrogens (tertiary/aromatic N) is 4. The number of amides is 1. The van der Waals surface area contributed by atoms with Crippen molar-refractivity contribution in [1.29, 1.82) is 0 Å². The standard InChI is InChI=1S/C18H21N5O2S/c24-17(20-9-15-11-26-13-21-15)16-8-18(25-22-16)5-3-7-23(12-18)10-14-4-1-2-6-19-14/h1-2,4,6,11,13H,3,5,7-10,12H2,(H,20,24). The Morgan fingerprint density at radius 1 is 1.35 bits per heavy atom. The smallest absolute Gasteiger partial charge is 0.269 e. The van der Waals surface area contributed by atoms with E-state index < -0.39 is 0 Å². The fraction of sp³-hybridized carbons (Fsp3) is 0.444. The summed E-state index contributed by atoms with van der Waals surface area (Å²) in [5, 5.41) is 8.89. The van der Waals surface area contributed by atoms with Crippen LogP contribution in [-0.4, -0.2) is 45.2 Å². The molecule has 4 rings (SSSR count). The maximum atomic E-state index is 12.4. The molecule has 26 heavy (non-hydrogen) atoms. The average molecular weight is 371 g/mol. The van der Waals surface area contributed by atoms with Crippen LogP contribution >= 0.6 is 11.3 Å². The minimum atomic E-state index is -0.389. The van der Waals surface area contributed by atoms with Gasteiger partial charge in [0.25, 0.3) is 5.91 Å². The summed E-state index contributed by atoms with van der Waals surface area (Å²) in [6.45, 7) is 2.97. The minimum Gasteiger partial charge on any atom is -0.387 e. The number of thiazole rings is 1. The van der Waals surface area contributed by atoms with E-state index in [1.54, 1.807) is 5.51 Å². The molecule has 1 N–H and O–H groups in total. The number of aromatic nitrogens is 2. The van der Waals surface area contributed by atoms with Crippen LogP contribution in [0.15, 0.2) is 40.4 Å². The van der Waals surface area contributed by atoms with Crippen LogP contribution in [0, 0.1) is 0 Å². The maximum Gasteiger partial charge on any atom is 0.269 e. The number of likely N-dealkylation sites (tertiary alicyclic amines) is 1. The lowest BCUT2D eigenvalue weighted by molar-refractivity contribution is -0.115. The lowest BCUT2D eigenvalue weighted by Crippen LogP contribution is -2.48. The molecule has 1 amide bonds. The Hall–Kier alpha value is -2.32. The predicted molar refractivity (Wildman–Crippen MR) is 98.6 cm³/mol. The monoisotopic (exact) mass is 371 g/mol. The van der Waals surface area contributed by atoms with Crippen LogP contribution < -0.4 is 5.32 Å². The molecule has 0 radical (unpaired) electrons. The van der Waals surface area contributed by atoms with E-state index in [1.807, 2.05) is 29.8 Å². The van der Waals surface area contributed by atoms with E-state index in [-0.39, 0.29) is 11.5 Å². The van der Waals surface area contributed by atoms with E-state index in [9.17, 15) is 4.79 Å². The van der Waals surface area contributed by atoms with Gasteiger partial charge in [0.15, 0.2) is 5.60 Å². The number of piperidine rings is 1. The van der Waals surface area contributed by atoms with E-state index in [2.05, 4.69) is 25.3 Å². The largest absolute Gasteiger partial charge is 0.387 e. The number of pyridine rings is 1. The Labute approximate surface area is 156 Å². The first kappa shape index (κ1) is 17.1. The van der Waals surface area contributed by atoms with Gasteiger partial charge in [-0.2, -0.15) is 0 Å². The Balaban J connectivity index is 1.32. The molecule has 4 heterocycles. The van der Waals surface area contributed by atoms with Gasteiger partial charge in [0.05, 0.1) is 23.4 Å². The quantitative estimate of drug-likeness (QED) is 0.869. The number of oxime groups is 1. The number of carbonyl (C=O) groups excluding carboxylic acids is 1. The molecule has 7 nitrogen and oxygen atoms in total. The summed E-state index contributed by atoms with van der Waals surface area (Å²) in [6, 6.07) is 5.96. The van der Waals surface area contributed by atoms with Crippen molar-refractivity contribution in [3.8, 4) is 0 Å². The van der Waals surface area contributed by atoms with Crippen LogP contribution in [0.5, 0.6) is 0 Å². The Morgan fingerprint density at radius 2 is 2.31 bits per heavy atom. The minimum absolute atomic E-state index is 0.170. The van der Waals surface area contributed by atoms with Gasteiger partial charge in [-0.25, -0.2) is 4.98 Å². The fourth-order valence-corrected chi connectivity index (χ4v) is 4.06. The van der Waals surface area contributed by atoms with Crippen molar-refractivity contribution in [2.45, 2.75) is 38.0 Å². The summed E-state index contributed by atoms with van der Waals surface area (Å²) in [4.78, 5) is 29.0. The fourth-order valence-electron chi connectivity index (χ4n) is 3.51. The first-order valence-electron chi connectivity index (χ1n) is 8.75. The summed E-state index contributed by atoms with van der Waals surface area (Å²) in [5.74, 6) is -0.170. The third-order valence-electron chi connectivity index (χ3n) is 4.74. The van der Waals surface area contributed by atoms with Gasteiger partial charge in [0.2, 0.25) is 0 Å². The molecule has 1 atom stereocenters. The van der Waals surface area contributed by atoms with Gasteiger partial charge in [-0.05, 0) is 31.5 Å². The summed E-state index contributed by atoms with van der Waals surface area (Å²) in [7, 11) is 0. The summed E-state index contributed by atoms with van der Waals surface area (Å²) in [6.07, 6.45) is 4.30. The van der Waals surface area contributed by atoms with Crippen molar-refractivity contribution in [3.63, 3.8) is 0 Å². The van der Waals surface area contributed by atoms with Crippen molar-refractivity contribution in [3.05, 3.63) is 46.7 Å². The second-order valence-electron chi connectivity index (χ2n) is 6.79. The van der Waals surface area contributed by atoms with Crippen molar-refractivity contribution in [1.82, 2.24) is 20.2 Å². The number of nitrogens with one attached hydrogen (secondary N) is 1. The molecule has 1 spiro atoms. The van der Waals surface area contributed by atoms with Crippen LogP contribution in [0.4, 0.5) is 0 Å². The molecule has 0 bridgehead atoms. The van der Waals surface area contributed by atoms with Crippen molar-refractivity contribution in [2.24, 2.45) is 5.16 Å². The van der Waals surface area contributed by atoms with Crippen LogP contribution in [0.25, 0.3) is 0 Å². The van der Waals surface area contributed by atoms with Crippen LogP contribution in [-0.2, 0) is 22.7 Å². The molecular formula is C18H21N5O2S. The second kappa shape index (κ2) is 7.51. The summed E-state index contributed by atoms with van der Waals surface area (Å²) < 4.78 is 0. The third kappa shape index (κ3) is 3.91. The molecule has 2 aliphatic heterocycles. The number of hydrogen-bond acceptors (Lipinski definition) is 7. The molecule has 2 aromatic rings. The van der Waals surface area contributed by atoms with Crippen molar-refractivity contribution >= 4 is 23.0 Å². The molecule has 1 unspecified atom stereocenters. The highest BCUT2D eigenvalue weighted by Crippen LogP contribution is 2.33. The van der Waals surface area contributed by atoms with E-state index in [4.69, 9.17) is 4.84 Å². The molecule has 1 fully saturated rings. The number of rotatable bonds is 5. The highest BCUT2D eigenvalue weighted by Gasteiger charge is 2.44. The van der Waals surface area contributed by atoms with Gasteiger partial charge in [-0.15, -0.1) is 11.3 Å². The number of carbonyl (C=O) groups is 1. The van der Waals surface area contributed by atoms with Gasteiger partial charge in [0, 0.05) is 31.1 Å². The number of hydrogen-bond donors (Lipinski definition) is 1. The predicted octanol–water partition coefficient (Wildman–Crippen LogP) is 1.97. The molecule has 0 saturated carbocycles. The Morgan fingerprint density at radius 3 is 3.12 bits per heavy atom. The van der Waals surface area contributed by atoms with Gasteiger partial charge in [0.1, 0.15) is 5.71 Å². The van der Waals surface area contributed by atoms with Crippen molar-refractivity contribution < 1.29 is 9.63 Å². The molecule has 2 aromatic heterocycles. The second-order valence-corrected chi connectivity index (χ2v) is 7.51. The molecular weight excluding hydrogens is 350 g/mol. The van der Waals surface area contributed by atoms with E-state index in [0.717, 1.165) is 43.9 Å². The zero-order valence-electron chi connectivity index (χ0n) is 14.4. The van der Waals surface area contributed by atoms with E-state index in [1.165, 1.54) is 11.3 Å². The molecule has 2 aliphatic rings. The lowest BCUT2D eigenvalue weighted by Gasteiger charge is -2.38. The van der Waals surface area contributed by atoms with E-state index in [0.29, 0.717) is 18.7 Å². The first-order valence-corrected chi connectivity index (χ1v) is 9.69. The maximum absolute atomic E-state index is 12.4. The summed E-state index contributed by atoms with van der Waals surface area (Å²) >= 11 is 1.51. The first-order chi connectivity index (χ1) is 12.7. The van der Waals surface area contributed by atoms with Crippen LogP contribution in [0.1, 0.15) is 30.7 Å². The highest BCUT2D eigenvalue weighted by atomic mass is 32.1. The zero-order chi connectivity index (χ0) is 17.8. The van der Waals surface area contributed by atoms with Gasteiger partial charge >= 0.3 is 0 Å². The van der Waals surface area contributed by atoms with E-state index >= 15 is 0 Å². The molecule has 0 aliphatic carbocycles. The third-order valence-corrected chi connectivity index (χ3v) is 5.38. The normalized spacial score (nSPS) is 22.8. The molecule has 136 valence electrons. The lowest BCUT2D eigenvalue weighted by atomic mass is 9.88. The Kier molecular flexibility index (Phi) is 4.94. The average Bonchev–Trinajstić information content (AvgIpc) is 3.31. The zero-order valence-corrected chi connectivity index (χ0v) is 15.2. The molecule has 8 heteroatoms. The summed E-state index contributed by atoms with van der Waals surface area (Å²) in [5.41, 5.74) is 3.74. The highest BCUT2D eigenvalue weighted by molar-refractivity contribution is 7.07. The Bertz CT molecular complexity index is 780. The molecule has 1 saturated heterocycles. The van der Waals surface area contributed by atoms with Crippen LogP contribution in [0.3, 0.4) is 0 Å². The topological polar surface area (TPSA) is 79.7 Å². The van der Waals surface area contributed by atoms with Gasteiger partial charge < -0.3 is 10.2 Å². The van der Waals surface area contributed by atoms with Crippen LogP contribution in [0.2, 0.25) is 0 Å².